The second-order valence-corrected chi connectivity index (χ2v) is 9.46. The highest BCUT2D eigenvalue weighted by atomic mass is 32.2. The zero-order valence-corrected chi connectivity index (χ0v) is 19.3. The number of rotatable bonds is 7. The summed E-state index contributed by atoms with van der Waals surface area (Å²) < 4.78 is 0.736. The Morgan fingerprint density at radius 2 is 1.88 bits per heavy atom. The Bertz CT molecular complexity index is 1150. The van der Waals surface area contributed by atoms with Gasteiger partial charge in [-0.3, -0.25) is 15.0 Å². The molecule has 1 atom stereocenters. The van der Waals surface area contributed by atoms with Crippen molar-refractivity contribution in [2.45, 2.75) is 30.1 Å². The second kappa shape index (κ2) is 9.13. The van der Waals surface area contributed by atoms with Gasteiger partial charge in [-0.15, -0.1) is 11.3 Å². The van der Waals surface area contributed by atoms with E-state index in [2.05, 4.69) is 15.7 Å². The minimum atomic E-state index is -1.18. The van der Waals surface area contributed by atoms with E-state index in [9.17, 15) is 14.4 Å². The molecule has 1 aromatic heterocycles. The van der Waals surface area contributed by atoms with Gasteiger partial charge < -0.3 is 5.32 Å². The lowest BCUT2D eigenvalue weighted by atomic mass is 9.87. The van der Waals surface area contributed by atoms with Crippen LogP contribution in [0.5, 0.6) is 0 Å². The predicted molar refractivity (Wildman–Crippen MR) is 125 cm³/mol. The van der Waals surface area contributed by atoms with Gasteiger partial charge in [0.2, 0.25) is 5.91 Å². The number of thioether (sulfide) groups is 1. The molecule has 4 amide bonds. The zero-order chi connectivity index (χ0) is 22.7. The van der Waals surface area contributed by atoms with Crippen LogP contribution in [0.1, 0.15) is 24.5 Å². The van der Waals surface area contributed by atoms with Crippen LogP contribution in [0.15, 0.2) is 64.3 Å². The lowest BCUT2D eigenvalue weighted by Gasteiger charge is -2.25. The number of nitrogens with one attached hydrogen (secondary N) is 2. The van der Waals surface area contributed by atoms with Crippen molar-refractivity contribution in [3.05, 3.63) is 71.1 Å². The van der Waals surface area contributed by atoms with E-state index in [1.165, 1.54) is 28.7 Å². The number of thiazole rings is 1. The number of hydrogen-bond acceptors (Lipinski definition) is 6. The number of aromatic nitrogens is 1. The lowest BCUT2D eigenvalue weighted by Crippen LogP contribution is -2.49. The molecule has 164 valence electrons. The van der Waals surface area contributed by atoms with Crippen LogP contribution in [0.25, 0.3) is 11.3 Å². The fourth-order valence-electron chi connectivity index (χ4n) is 3.50. The molecule has 0 spiro atoms. The van der Waals surface area contributed by atoms with Crippen molar-refractivity contribution in [2.75, 3.05) is 5.75 Å². The standard InChI is InChI=1S/C23H22N4O3S2/c1-3-23(17-7-5-4-6-8-17)20(29)27(21(30)25-23)26-19(28)14-32-22-24-18(13-31-22)16-11-9-15(2)10-12-16/h4-13H,3,14H2,1-2H3,(H,25,30)(H,26,28). The molecule has 9 heteroatoms. The molecule has 7 nitrogen and oxygen atoms in total. The molecule has 2 heterocycles. The molecule has 3 aromatic rings. The van der Waals surface area contributed by atoms with Crippen molar-refractivity contribution < 1.29 is 14.4 Å². The smallest absolute Gasteiger partial charge is 0.318 e. The number of amides is 4. The minimum Gasteiger partial charge on any atom is -0.318 e. The molecule has 2 aromatic carbocycles. The summed E-state index contributed by atoms with van der Waals surface area (Å²) in [5.41, 5.74) is 4.98. The van der Waals surface area contributed by atoms with E-state index < -0.39 is 23.4 Å². The number of carbonyl (C=O) groups excluding carboxylic acids is 3. The third-order valence-corrected chi connectivity index (χ3v) is 7.30. The molecular formula is C23H22N4O3S2. The third kappa shape index (κ3) is 4.26. The Balaban J connectivity index is 1.39. The maximum Gasteiger partial charge on any atom is 0.344 e. The molecule has 0 bridgehead atoms. The quantitative estimate of drug-likeness (QED) is 0.404. The summed E-state index contributed by atoms with van der Waals surface area (Å²) in [4.78, 5) is 42.6. The summed E-state index contributed by atoms with van der Waals surface area (Å²) in [6.45, 7) is 3.85. The van der Waals surface area contributed by atoms with E-state index in [1.807, 2.05) is 61.7 Å². The van der Waals surface area contributed by atoms with Gasteiger partial charge >= 0.3 is 6.03 Å². The molecule has 0 aliphatic carbocycles. The summed E-state index contributed by atoms with van der Waals surface area (Å²) in [5.74, 6) is -0.918. The molecule has 1 fully saturated rings. The van der Waals surface area contributed by atoms with E-state index in [1.54, 1.807) is 12.1 Å². The number of urea groups is 1. The van der Waals surface area contributed by atoms with Gasteiger partial charge in [0.05, 0.1) is 11.4 Å². The Kier molecular flexibility index (Phi) is 6.29. The molecule has 1 aliphatic heterocycles. The van der Waals surface area contributed by atoms with Crippen LogP contribution in [0, 0.1) is 6.92 Å². The number of aryl methyl sites for hydroxylation is 1. The number of hydrazine groups is 1. The van der Waals surface area contributed by atoms with Crippen molar-refractivity contribution in [2.24, 2.45) is 0 Å². The van der Waals surface area contributed by atoms with Gasteiger partial charge in [-0.1, -0.05) is 78.8 Å². The van der Waals surface area contributed by atoms with Crippen LogP contribution in [-0.4, -0.2) is 33.6 Å². The van der Waals surface area contributed by atoms with Gasteiger partial charge in [-0.25, -0.2) is 9.78 Å². The van der Waals surface area contributed by atoms with Crippen LogP contribution in [0.3, 0.4) is 0 Å². The first kappa shape index (κ1) is 22.0. The van der Waals surface area contributed by atoms with Crippen molar-refractivity contribution in [1.82, 2.24) is 20.7 Å². The number of imide groups is 1. The predicted octanol–water partition coefficient (Wildman–Crippen LogP) is 4.10. The number of hydrogen-bond donors (Lipinski definition) is 2. The normalized spacial score (nSPS) is 18.0. The number of benzene rings is 2. The van der Waals surface area contributed by atoms with Crippen molar-refractivity contribution >= 4 is 40.9 Å². The average Bonchev–Trinajstić information content (AvgIpc) is 3.38. The summed E-state index contributed by atoms with van der Waals surface area (Å²) in [7, 11) is 0. The van der Waals surface area contributed by atoms with Gasteiger partial charge in [0.1, 0.15) is 5.54 Å². The minimum absolute atomic E-state index is 0.0301. The van der Waals surface area contributed by atoms with Crippen LogP contribution in [0.2, 0.25) is 0 Å². The highest BCUT2D eigenvalue weighted by molar-refractivity contribution is 8.01. The summed E-state index contributed by atoms with van der Waals surface area (Å²) in [5, 5.41) is 5.46. The van der Waals surface area contributed by atoms with Gasteiger partial charge in [0.15, 0.2) is 4.34 Å². The maximum absolute atomic E-state index is 13.1. The van der Waals surface area contributed by atoms with Crippen LogP contribution >= 0.6 is 23.1 Å². The highest BCUT2D eigenvalue weighted by Gasteiger charge is 2.52. The Morgan fingerprint density at radius 1 is 1.16 bits per heavy atom. The summed E-state index contributed by atoms with van der Waals surface area (Å²) >= 11 is 2.71. The number of nitrogens with zero attached hydrogens (tertiary/aromatic N) is 2. The first-order valence-corrected chi connectivity index (χ1v) is 12.0. The molecule has 0 radical (unpaired) electrons. The Hall–Kier alpha value is -3.17. The largest absolute Gasteiger partial charge is 0.344 e. The van der Waals surface area contributed by atoms with Gasteiger partial charge in [0.25, 0.3) is 5.91 Å². The van der Waals surface area contributed by atoms with E-state index in [0.717, 1.165) is 20.6 Å². The van der Waals surface area contributed by atoms with Crippen LogP contribution in [0.4, 0.5) is 4.79 Å². The molecule has 0 saturated carbocycles. The molecular weight excluding hydrogens is 444 g/mol. The van der Waals surface area contributed by atoms with Crippen LogP contribution < -0.4 is 10.7 Å². The molecule has 1 unspecified atom stereocenters. The molecule has 2 N–H and O–H groups in total. The van der Waals surface area contributed by atoms with Crippen LogP contribution in [-0.2, 0) is 15.1 Å². The summed E-state index contributed by atoms with van der Waals surface area (Å²) in [6.07, 6.45) is 0.365. The van der Waals surface area contributed by atoms with Crippen molar-refractivity contribution in [3.63, 3.8) is 0 Å². The van der Waals surface area contributed by atoms with E-state index in [-0.39, 0.29) is 5.75 Å². The second-order valence-electron chi connectivity index (χ2n) is 7.38. The molecule has 32 heavy (non-hydrogen) atoms. The van der Waals surface area contributed by atoms with Gasteiger partial charge in [0, 0.05) is 10.9 Å². The van der Waals surface area contributed by atoms with Crippen molar-refractivity contribution in [1.29, 1.82) is 0 Å². The zero-order valence-electron chi connectivity index (χ0n) is 17.6. The Morgan fingerprint density at radius 3 is 2.56 bits per heavy atom. The lowest BCUT2D eigenvalue weighted by molar-refractivity contribution is -0.138. The first-order chi connectivity index (χ1) is 15.4. The monoisotopic (exact) mass is 466 g/mol. The maximum atomic E-state index is 13.1. The van der Waals surface area contributed by atoms with E-state index in [4.69, 9.17) is 0 Å². The highest BCUT2D eigenvalue weighted by Crippen LogP contribution is 2.32. The summed E-state index contributed by atoms with van der Waals surface area (Å²) in [6, 6.07) is 16.5. The fraction of sp³-hybridized carbons (Fsp3) is 0.217. The Labute approximate surface area is 194 Å². The molecule has 4 rings (SSSR count). The molecule has 1 aliphatic rings. The van der Waals surface area contributed by atoms with Crippen molar-refractivity contribution in [3.8, 4) is 11.3 Å². The third-order valence-electron chi connectivity index (χ3n) is 5.28. The van der Waals surface area contributed by atoms with Gasteiger partial charge in [-0.2, -0.15) is 5.01 Å². The fourth-order valence-corrected chi connectivity index (χ4v) is 5.13. The number of carbonyl (C=O) groups is 3. The average molecular weight is 467 g/mol. The van der Waals surface area contributed by atoms with Gasteiger partial charge in [-0.05, 0) is 18.9 Å². The van der Waals surface area contributed by atoms with E-state index in [0.29, 0.717) is 12.0 Å². The SMILES string of the molecule is CCC1(c2ccccc2)NC(=O)N(NC(=O)CSc2nc(-c3ccc(C)cc3)cs2)C1=O. The van der Waals surface area contributed by atoms with E-state index >= 15 is 0 Å². The molecule has 1 saturated heterocycles. The first-order valence-electron chi connectivity index (χ1n) is 10.1. The topological polar surface area (TPSA) is 91.4 Å².